The fourth-order valence-corrected chi connectivity index (χ4v) is 1.47. The van der Waals surface area contributed by atoms with Crippen LogP contribution in [0.4, 0.5) is 0 Å². The summed E-state index contributed by atoms with van der Waals surface area (Å²) < 4.78 is 9.76. The Morgan fingerprint density at radius 2 is 2.17 bits per heavy atom. The molecule has 0 saturated carbocycles. The zero-order valence-corrected chi connectivity index (χ0v) is 10.3. The van der Waals surface area contributed by atoms with Crippen molar-refractivity contribution in [2.45, 2.75) is 6.04 Å². The lowest BCUT2D eigenvalue weighted by Crippen LogP contribution is -2.40. The Balaban J connectivity index is 2.84. The van der Waals surface area contributed by atoms with Gasteiger partial charge in [-0.3, -0.25) is 4.79 Å². The predicted molar refractivity (Wildman–Crippen MR) is 64.9 cm³/mol. The second-order valence-electron chi connectivity index (χ2n) is 3.66. The van der Waals surface area contributed by atoms with E-state index in [1.54, 1.807) is 12.1 Å². The highest BCUT2D eigenvalue weighted by atomic mass is 16.5. The molecule has 18 heavy (non-hydrogen) atoms. The van der Waals surface area contributed by atoms with Gasteiger partial charge >= 0.3 is 0 Å². The average molecular weight is 255 g/mol. The number of ether oxygens (including phenoxy) is 2. The smallest absolute Gasteiger partial charge is 0.255 e. The van der Waals surface area contributed by atoms with Crippen LogP contribution in [0.3, 0.4) is 0 Å². The number of carbonyl (C=O) groups excluding carboxylic acids is 1. The number of phenols is 1. The Kier molecular flexibility index (Phi) is 5.41. The molecule has 1 rings (SSSR count). The van der Waals surface area contributed by atoms with Gasteiger partial charge in [-0.25, -0.2) is 0 Å². The van der Waals surface area contributed by atoms with Gasteiger partial charge in [-0.1, -0.05) is 6.07 Å². The summed E-state index contributed by atoms with van der Waals surface area (Å²) in [5, 5.41) is 21.4. The molecule has 0 spiro atoms. The summed E-state index contributed by atoms with van der Waals surface area (Å²) in [5.74, 6) is -0.510. The fraction of sp³-hybridized carbons (Fsp3) is 0.417. The summed E-state index contributed by atoms with van der Waals surface area (Å²) in [7, 11) is 2.87. The first-order chi connectivity index (χ1) is 8.63. The summed E-state index contributed by atoms with van der Waals surface area (Å²) >= 11 is 0. The average Bonchev–Trinajstić information content (AvgIpc) is 2.38. The maximum absolute atomic E-state index is 11.9. The van der Waals surface area contributed by atoms with Crippen molar-refractivity contribution in [1.82, 2.24) is 5.32 Å². The highest BCUT2D eigenvalue weighted by Gasteiger charge is 2.17. The first-order valence-corrected chi connectivity index (χ1v) is 5.40. The normalized spacial score (nSPS) is 11.9. The zero-order valence-electron chi connectivity index (χ0n) is 10.3. The van der Waals surface area contributed by atoms with Crippen molar-refractivity contribution in [2.75, 3.05) is 27.4 Å². The number of nitrogens with one attached hydrogen (secondary N) is 1. The Hall–Kier alpha value is -1.79. The molecule has 6 heteroatoms. The third-order valence-electron chi connectivity index (χ3n) is 2.39. The number of methoxy groups -OCH3 is 2. The molecule has 1 aromatic rings. The first-order valence-electron chi connectivity index (χ1n) is 5.40. The molecule has 0 aliphatic rings. The van der Waals surface area contributed by atoms with Crippen molar-refractivity contribution in [3.8, 4) is 11.5 Å². The molecule has 1 unspecified atom stereocenters. The molecule has 0 saturated heterocycles. The minimum atomic E-state index is -0.520. The number of aliphatic hydroxyl groups excluding tert-OH is 1. The molecule has 100 valence electrons. The van der Waals surface area contributed by atoms with E-state index in [0.717, 1.165) is 0 Å². The molecule has 0 fully saturated rings. The van der Waals surface area contributed by atoms with E-state index in [0.29, 0.717) is 0 Å². The van der Waals surface area contributed by atoms with Gasteiger partial charge in [-0.15, -0.1) is 0 Å². The number of phenolic OH excluding ortho intramolecular Hbond substituents is 1. The van der Waals surface area contributed by atoms with Gasteiger partial charge in [0.25, 0.3) is 5.91 Å². The SMILES string of the molecule is COCC(CO)NC(=O)c1cccc(OC)c1O. The molecule has 1 atom stereocenters. The summed E-state index contributed by atoms with van der Waals surface area (Å²) in [6.07, 6.45) is 0. The van der Waals surface area contributed by atoms with Crippen LogP contribution in [0.5, 0.6) is 11.5 Å². The molecular weight excluding hydrogens is 238 g/mol. The van der Waals surface area contributed by atoms with Crippen LogP contribution in [-0.4, -0.2) is 49.6 Å². The Morgan fingerprint density at radius 1 is 1.44 bits per heavy atom. The van der Waals surface area contributed by atoms with Crippen LogP contribution < -0.4 is 10.1 Å². The third kappa shape index (κ3) is 3.35. The fourth-order valence-electron chi connectivity index (χ4n) is 1.47. The van der Waals surface area contributed by atoms with Crippen molar-refractivity contribution < 1.29 is 24.5 Å². The van der Waals surface area contributed by atoms with Crippen LogP contribution >= 0.6 is 0 Å². The summed E-state index contributed by atoms with van der Waals surface area (Å²) in [6.45, 7) is -0.0583. The zero-order chi connectivity index (χ0) is 13.5. The molecule has 3 N–H and O–H groups in total. The Labute approximate surface area is 105 Å². The van der Waals surface area contributed by atoms with Crippen molar-refractivity contribution >= 4 is 5.91 Å². The molecule has 0 radical (unpaired) electrons. The summed E-state index contributed by atoms with van der Waals surface area (Å²) in [4.78, 5) is 11.9. The van der Waals surface area contributed by atoms with Crippen LogP contribution in [0.1, 0.15) is 10.4 Å². The number of rotatable bonds is 6. The second kappa shape index (κ2) is 6.83. The highest BCUT2D eigenvalue weighted by Crippen LogP contribution is 2.29. The largest absolute Gasteiger partial charge is 0.504 e. The molecule has 0 aliphatic heterocycles. The maximum atomic E-state index is 11.9. The number of amides is 1. The number of benzene rings is 1. The van der Waals surface area contributed by atoms with Crippen LogP contribution in [0.25, 0.3) is 0 Å². The van der Waals surface area contributed by atoms with E-state index in [2.05, 4.69) is 5.32 Å². The minimum absolute atomic E-state index is 0.0869. The minimum Gasteiger partial charge on any atom is -0.504 e. The highest BCUT2D eigenvalue weighted by molar-refractivity contribution is 5.97. The number of carbonyl (C=O) groups is 1. The molecule has 6 nitrogen and oxygen atoms in total. The Morgan fingerprint density at radius 3 is 2.72 bits per heavy atom. The van der Waals surface area contributed by atoms with Crippen molar-refractivity contribution in [2.24, 2.45) is 0 Å². The molecular formula is C12H17NO5. The number of hydrogen-bond acceptors (Lipinski definition) is 5. The second-order valence-corrected chi connectivity index (χ2v) is 3.66. The van der Waals surface area contributed by atoms with E-state index >= 15 is 0 Å². The molecule has 0 aromatic heterocycles. The number of aliphatic hydroxyl groups is 1. The van der Waals surface area contributed by atoms with Crippen molar-refractivity contribution in [1.29, 1.82) is 0 Å². The molecule has 0 bridgehead atoms. The lowest BCUT2D eigenvalue weighted by atomic mass is 10.1. The van der Waals surface area contributed by atoms with Gasteiger partial charge in [0, 0.05) is 7.11 Å². The first kappa shape index (κ1) is 14.3. The molecule has 0 heterocycles. The monoisotopic (exact) mass is 255 g/mol. The van der Waals surface area contributed by atoms with Gasteiger partial charge in [-0.2, -0.15) is 0 Å². The number of para-hydroxylation sites is 1. The van der Waals surface area contributed by atoms with Gasteiger partial charge in [-0.05, 0) is 12.1 Å². The third-order valence-corrected chi connectivity index (χ3v) is 2.39. The summed E-state index contributed by atoms with van der Waals surface area (Å²) in [5.41, 5.74) is 0.0869. The van der Waals surface area contributed by atoms with E-state index in [1.165, 1.54) is 20.3 Å². The van der Waals surface area contributed by atoms with E-state index in [4.69, 9.17) is 14.6 Å². The van der Waals surface area contributed by atoms with Gasteiger partial charge in [0.2, 0.25) is 0 Å². The van der Waals surface area contributed by atoms with E-state index in [1.807, 2.05) is 0 Å². The number of hydrogen-bond donors (Lipinski definition) is 3. The van der Waals surface area contributed by atoms with E-state index < -0.39 is 11.9 Å². The van der Waals surface area contributed by atoms with Crippen molar-refractivity contribution in [3.05, 3.63) is 23.8 Å². The van der Waals surface area contributed by atoms with Gasteiger partial charge in [0.15, 0.2) is 11.5 Å². The standard InChI is InChI=1S/C12H17NO5/c1-17-7-8(6-14)13-12(16)9-4-3-5-10(18-2)11(9)15/h3-5,8,14-15H,6-7H2,1-2H3,(H,13,16). The summed E-state index contributed by atoms with van der Waals surface area (Å²) in [6, 6.07) is 4.09. The lowest BCUT2D eigenvalue weighted by molar-refractivity contribution is 0.0836. The molecule has 1 aromatic carbocycles. The van der Waals surface area contributed by atoms with Gasteiger partial charge in [0.05, 0.1) is 31.9 Å². The van der Waals surface area contributed by atoms with Crippen molar-refractivity contribution in [3.63, 3.8) is 0 Å². The van der Waals surface area contributed by atoms with Crippen LogP contribution in [0.15, 0.2) is 18.2 Å². The maximum Gasteiger partial charge on any atom is 0.255 e. The van der Waals surface area contributed by atoms with Gasteiger partial charge < -0.3 is 25.0 Å². The lowest BCUT2D eigenvalue weighted by Gasteiger charge is -2.16. The van der Waals surface area contributed by atoms with Crippen LogP contribution in [-0.2, 0) is 4.74 Å². The molecule has 1 amide bonds. The van der Waals surface area contributed by atoms with Crippen LogP contribution in [0, 0.1) is 0 Å². The number of aromatic hydroxyl groups is 1. The van der Waals surface area contributed by atoms with E-state index in [-0.39, 0.29) is 30.3 Å². The Bertz CT molecular complexity index is 407. The topological polar surface area (TPSA) is 88.0 Å². The quantitative estimate of drug-likeness (QED) is 0.673. The van der Waals surface area contributed by atoms with Crippen LogP contribution in [0.2, 0.25) is 0 Å². The molecule has 0 aliphatic carbocycles. The van der Waals surface area contributed by atoms with E-state index in [9.17, 15) is 9.90 Å². The predicted octanol–water partition coefficient (Wildman–Crippen LogP) is 0.138. The van der Waals surface area contributed by atoms with Gasteiger partial charge in [0.1, 0.15) is 0 Å².